The van der Waals surface area contributed by atoms with E-state index in [2.05, 4.69) is 16.8 Å². The quantitative estimate of drug-likeness (QED) is 0.522. The monoisotopic (exact) mass is 332 g/mol. The van der Waals surface area contributed by atoms with Crippen LogP contribution in [0.5, 0.6) is 5.75 Å². The summed E-state index contributed by atoms with van der Waals surface area (Å²) in [7, 11) is 0. The van der Waals surface area contributed by atoms with Crippen LogP contribution < -0.4 is 10.1 Å². The summed E-state index contributed by atoms with van der Waals surface area (Å²) in [6, 6.07) is 7.86. The van der Waals surface area contributed by atoms with Crippen molar-refractivity contribution in [3.63, 3.8) is 0 Å². The van der Waals surface area contributed by atoms with Gasteiger partial charge in [0, 0.05) is 33.1 Å². The van der Waals surface area contributed by atoms with Gasteiger partial charge in [0.25, 0.3) is 0 Å². The van der Waals surface area contributed by atoms with Crippen LogP contribution in [0, 0.1) is 0 Å². The first-order valence-electron chi connectivity index (χ1n) is 6.56. The number of carbonyl (C=O) groups is 1. The van der Waals surface area contributed by atoms with Crippen LogP contribution in [0.25, 0.3) is 0 Å². The molecule has 0 spiro atoms. The van der Waals surface area contributed by atoms with Gasteiger partial charge >= 0.3 is 5.97 Å². The van der Waals surface area contributed by atoms with Gasteiger partial charge in [-0.1, -0.05) is 18.2 Å². The molecule has 4 nitrogen and oxygen atoms in total. The molecular weight excluding hydrogens is 311 g/mol. The topological polar surface area (TPSA) is 41.6 Å². The standard InChI is InChI=1S/C15H20N2O2.2ClH/c1-3-15(17-10-8-16-9-11-17)13-4-6-14(7-5-13)19-12(2)18;;/h3-7,15-16H,1,8-11H2,2H3;2*1H/t15-;;/m0../s1. The van der Waals surface area contributed by atoms with Crippen molar-refractivity contribution in [1.82, 2.24) is 10.2 Å². The van der Waals surface area contributed by atoms with Gasteiger partial charge in [0.15, 0.2) is 0 Å². The number of esters is 1. The van der Waals surface area contributed by atoms with Crippen molar-refractivity contribution in [2.45, 2.75) is 13.0 Å². The van der Waals surface area contributed by atoms with Gasteiger partial charge in [-0.15, -0.1) is 31.4 Å². The van der Waals surface area contributed by atoms with Crippen molar-refractivity contribution < 1.29 is 9.53 Å². The maximum Gasteiger partial charge on any atom is 0.308 e. The highest BCUT2D eigenvalue weighted by molar-refractivity contribution is 5.85. The number of rotatable bonds is 4. The summed E-state index contributed by atoms with van der Waals surface area (Å²) in [6.45, 7) is 9.39. The SMILES string of the molecule is C=C[C@@H](c1ccc(OC(C)=O)cc1)N1CCNCC1.Cl.Cl. The molecular formula is C15H22Cl2N2O2. The van der Waals surface area contributed by atoms with Gasteiger partial charge in [-0.05, 0) is 17.7 Å². The van der Waals surface area contributed by atoms with Crippen molar-refractivity contribution >= 4 is 30.8 Å². The highest BCUT2D eigenvalue weighted by Crippen LogP contribution is 2.24. The van der Waals surface area contributed by atoms with Crippen LogP contribution >= 0.6 is 24.8 Å². The second kappa shape index (κ2) is 9.79. The molecule has 0 radical (unpaired) electrons. The van der Waals surface area contributed by atoms with E-state index in [0.717, 1.165) is 26.2 Å². The molecule has 0 bridgehead atoms. The highest BCUT2D eigenvalue weighted by atomic mass is 35.5. The number of nitrogens with zero attached hydrogens (tertiary/aromatic N) is 1. The lowest BCUT2D eigenvalue weighted by Gasteiger charge is -2.33. The first-order chi connectivity index (χ1) is 9.20. The summed E-state index contributed by atoms with van der Waals surface area (Å²) >= 11 is 0. The van der Waals surface area contributed by atoms with Gasteiger partial charge < -0.3 is 10.1 Å². The zero-order valence-corrected chi connectivity index (χ0v) is 13.7. The number of halogens is 2. The number of carbonyl (C=O) groups excluding carboxylic acids is 1. The number of hydrogen-bond donors (Lipinski definition) is 1. The Morgan fingerprint density at radius 2 is 1.86 bits per heavy atom. The molecule has 0 unspecified atom stereocenters. The Morgan fingerprint density at radius 3 is 2.33 bits per heavy atom. The minimum absolute atomic E-state index is 0. The molecule has 0 aliphatic carbocycles. The molecule has 1 aromatic carbocycles. The third kappa shape index (κ3) is 5.67. The Balaban J connectivity index is 0.00000200. The van der Waals surface area contributed by atoms with Crippen molar-refractivity contribution in [3.05, 3.63) is 42.5 Å². The van der Waals surface area contributed by atoms with Crippen molar-refractivity contribution in [1.29, 1.82) is 0 Å². The Kier molecular flexibility index (Phi) is 9.29. The maximum absolute atomic E-state index is 10.9. The van der Waals surface area contributed by atoms with Crippen LogP contribution in [0.3, 0.4) is 0 Å². The van der Waals surface area contributed by atoms with Crippen molar-refractivity contribution in [2.24, 2.45) is 0 Å². The molecule has 1 aliphatic heterocycles. The second-order valence-electron chi connectivity index (χ2n) is 4.63. The third-order valence-corrected chi connectivity index (χ3v) is 3.25. The predicted octanol–water partition coefficient (Wildman–Crippen LogP) is 2.59. The largest absolute Gasteiger partial charge is 0.427 e. The van der Waals surface area contributed by atoms with Crippen LogP contribution in [0.15, 0.2) is 36.9 Å². The lowest BCUT2D eigenvalue weighted by Crippen LogP contribution is -2.44. The van der Waals surface area contributed by atoms with Gasteiger partial charge in [0.2, 0.25) is 0 Å². The molecule has 2 rings (SSSR count). The second-order valence-corrected chi connectivity index (χ2v) is 4.63. The Bertz CT molecular complexity index is 445. The maximum atomic E-state index is 10.9. The molecule has 0 saturated carbocycles. The highest BCUT2D eigenvalue weighted by Gasteiger charge is 2.19. The van der Waals surface area contributed by atoms with Crippen molar-refractivity contribution in [2.75, 3.05) is 26.2 Å². The minimum Gasteiger partial charge on any atom is -0.427 e. The molecule has 0 amide bonds. The first kappa shape index (κ1) is 19.9. The van der Waals surface area contributed by atoms with Gasteiger partial charge in [0.05, 0.1) is 6.04 Å². The fourth-order valence-corrected chi connectivity index (χ4v) is 2.36. The van der Waals surface area contributed by atoms with Crippen LogP contribution in [-0.4, -0.2) is 37.0 Å². The van der Waals surface area contributed by atoms with E-state index >= 15 is 0 Å². The van der Waals surface area contributed by atoms with E-state index < -0.39 is 0 Å². The first-order valence-corrected chi connectivity index (χ1v) is 6.56. The third-order valence-electron chi connectivity index (χ3n) is 3.25. The number of ether oxygens (including phenoxy) is 1. The molecule has 1 heterocycles. The number of hydrogen-bond acceptors (Lipinski definition) is 4. The molecule has 1 saturated heterocycles. The Labute approximate surface area is 138 Å². The zero-order valence-electron chi connectivity index (χ0n) is 12.1. The summed E-state index contributed by atoms with van der Waals surface area (Å²) < 4.78 is 5.04. The summed E-state index contributed by atoms with van der Waals surface area (Å²) in [4.78, 5) is 13.3. The van der Waals surface area contributed by atoms with Crippen LogP contribution in [0.1, 0.15) is 18.5 Å². The average molecular weight is 333 g/mol. The molecule has 1 aromatic rings. The fourth-order valence-electron chi connectivity index (χ4n) is 2.36. The lowest BCUT2D eigenvalue weighted by molar-refractivity contribution is -0.131. The van der Waals surface area contributed by atoms with Crippen LogP contribution in [0.4, 0.5) is 0 Å². The zero-order chi connectivity index (χ0) is 13.7. The molecule has 1 fully saturated rings. The van der Waals surface area contributed by atoms with Gasteiger partial charge in [-0.2, -0.15) is 0 Å². The van der Waals surface area contributed by atoms with E-state index in [4.69, 9.17) is 4.74 Å². The van der Waals surface area contributed by atoms with Crippen molar-refractivity contribution in [3.8, 4) is 5.75 Å². The fraction of sp³-hybridized carbons (Fsp3) is 0.400. The van der Waals surface area contributed by atoms with Crippen LogP contribution in [0.2, 0.25) is 0 Å². The smallest absolute Gasteiger partial charge is 0.308 e. The van der Waals surface area contributed by atoms with E-state index in [9.17, 15) is 4.79 Å². The van der Waals surface area contributed by atoms with E-state index in [0.29, 0.717) is 5.75 Å². The van der Waals surface area contributed by atoms with Gasteiger partial charge in [-0.3, -0.25) is 9.69 Å². The summed E-state index contributed by atoms with van der Waals surface area (Å²) in [5.74, 6) is 0.287. The van der Waals surface area contributed by atoms with E-state index in [1.165, 1.54) is 12.5 Å². The van der Waals surface area contributed by atoms with E-state index in [-0.39, 0.29) is 36.8 Å². The molecule has 1 atom stereocenters. The molecule has 118 valence electrons. The molecule has 1 aliphatic rings. The normalized spacial score (nSPS) is 16.0. The molecule has 0 aromatic heterocycles. The molecule has 1 N–H and O–H groups in total. The van der Waals surface area contributed by atoms with E-state index in [1.807, 2.05) is 30.3 Å². The number of piperazine rings is 1. The Hall–Kier alpha value is -1.07. The molecule has 6 heteroatoms. The number of benzene rings is 1. The van der Waals surface area contributed by atoms with Crippen LogP contribution in [-0.2, 0) is 4.79 Å². The number of nitrogens with one attached hydrogen (secondary N) is 1. The lowest BCUT2D eigenvalue weighted by atomic mass is 10.0. The van der Waals surface area contributed by atoms with Gasteiger partial charge in [0.1, 0.15) is 5.75 Å². The summed E-state index contributed by atoms with van der Waals surface area (Å²) in [6.07, 6.45) is 1.96. The van der Waals surface area contributed by atoms with E-state index in [1.54, 1.807) is 0 Å². The summed E-state index contributed by atoms with van der Waals surface area (Å²) in [5, 5.41) is 3.34. The predicted molar refractivity (Wildman–Crippen MR) is 89.6 cm³/mol. The summed E-state index contributed by atoms with van der Waals surface area (Å²) in [5.41, 5.74) is 1.17. The average Bonchev–Trinajstić information content (AvgIpc) is 2.42. The Morgan fingerprint density at radius 1 is 1.29 bits per heavy atom. The minimum atomic E-state index is -0.296. The molecule has 21 heavy (non-hydrogen) atoms. The van der Waals surface area contributed by atoms with Gasteiger partial charge in [-0.25, -0.2) is 0 Å².